The fourth-order valence-corrected chi connectivity index (χ4v) is 2.18. The standard InChI is InChI=1S/C12H13FN4O2/c13-12(2-1-3-12)5-14-9-7-4-8(11(18)19)17-10(7)16-6-15-9/h4,6H,1-3,5H2,(H,18,19)(H2,14,15,16,17). The molecule has 0 aliphatic heterocycles. The predicted octanol–water partition coefficient (Wildman–Crippen LogP) is 1.96. The van der Waals surface area contributed by atoms with Crippen LogP contribution in [0.4, 0.5) is 10.2 Å². The monoisotopic (exact) mass is 264 g/mol. The van der Waals surface area contributed by atoms with E-state index in [4.69, 9.17) is 5.11 Å². The van der Waals surface area contributed by atoms with Crippen molar-refractivity contribution in [2.75, 3.05) is 11.9 Å². The lowest BCUT2D eigenvalue weighted by molar-refractivity contribution is 0.0691. The molecule has 6 nitrogen and oxygen atoms in total. The van der Waals surface area contributed by atoms with Gasteiger partial charge in [0.2, 0.25) is 0 Å². The molecule has 0 bridgehead atoms. The lowest BCUT2D eigenvalue weighted by atomic mass is 9.82. The maximum atomic E-state index is 13.9. The SMILES string of the molecule is O=C(O)c1cc2c(NCC3(F)CCC3)ncnc2[nH]1. The number of aromatic carboxylic acids is 1. The number of nitrogens with zero attached hydrogens (tertiary/aromatic N) is 2. The topological polar surface area (TPSA) is 90.9 Å². The second kappa shape index (κ2) is 4.18. The highest BCUT2D eigenvalue weighted by Gasteiger charge is 2.36. The number of anilines is 1. The van der Waals surface area contributed by atoms with Gasteiger partial charge >= 0.3 is 5.97 Å². The summed E-state index contributed by atoms with van der Waals surface area (Å²) >= 11 is 0. The van der Waals surface area contributed by atoms with Crippen molar-refractivity contribution in [3.8, 4) is 0 Å². The summed E-state index contributed by atoms with van der Waals surface area (Å²) in [5, 5.41) is 12.4. The molecule has 0 saturated heterocycles. The smallest absolute Gasteiger partial charge is 0.352 e. The zero-order valence-electron chi connectivity index (χ0n) is 10.1. The van der Waals surface area contributed by atoms with Crippen LogP contribution in [0.5, 0.6) is 0 Å². The summed E-state index contributed by atoms with van der Waals surface area (Å²) in [7, 11) is 0. The first-order valence-electron chi connectivity index (χ1n) is 6.07. The Morgan fingerprint density at radius 3 is 2.95 bits per heavy atom. The third-order valence-corrected chi connectivity index (χ3v) is 3.48. The summed E-state index contributed by atoms with van der Waals surface area (Å²) in [6, 6.07) is 1.45. The largest absolute Gasteiger partial charge is 0.477 e. The first kappa shape index (κ1) is 11.9. The number of hydrogen-bond acceptors (Lipinski definition) is 4. The minimum atomic E-state index is -1.16. The van der Waals surface area contributed by atoms with E-state index in [0.29, 0.717) is 29.7 Å². The average Bonchev–Trinajstić information content (AvgIpc) is 2.78. The van der Waals surface area contributed by atoms with E-state index in [1.807, 2.05) is 0 Å². The number of aromatic nitrogens is 3. The van der Waals surface area contributed by atoms with E-state index in [9.17, 15) is 9.18 Å². The Hall–Kier alpha value is -2.18. The molecule has 19 heavy (non-hydrogen) atoms. The van der Waals surface area contributed by atoms with Crippen molar-refractivity contribution in [1.29, 1.82) is 0 Å². The zero-order chi connectivity index (χ0) is 13.5. The van der Waals surface area contributed by atoms with Gasteiger partial charge in [-0.3, -0.25) is 0 Å². The van der Waals surface area contributed by atoms with E-state index in [1.54, 1.807) is 0 Å². The van der Waals surface area contributed by atoms with Crippen molar-refractivity contribution < 1.29 is 14.3 Å². The number of halogens is 1. The molecule has 1 aliphatic carbocycles. The third kappa shape index (κ3) is 2.11. The fourth-order valence-electron chi connectivity index (χ4n) is 2.18. The van der Waals surface area contributed by atoms with Crippen molar-refractivity contribution in [1.82, 2.24) is 15.0 Å². The van der Waals surface area contributed by atoms with E-state index in [1.165, 1.54) is 12.4 Å². The van der Waals surface area contributed by atoms with Gasteiger partial charge < -0.3 is 15.4 Å². The maximum absolute atomic E-state index is 13.9. The lowest BCUT2D eigenvalue weighted by Gasteiger charge is -2.33. The molecule has 0 amide bonds. The van der Waals surface area contributed by atoms with Crippen LogP contribution in [-0.4, -0.2) is 38.2 Å². The van der Waals surface area contributed by atoms with E-state index in [0.717, 1.165) is 6.42 Å². The number of carbonyl (C=O) groups is 1. The van der Waals surface area contributed by atoms with E-state index in [2.05, 4.69) is 20.3 Å². The summed E-state index contributed by atoms with van der Waals surface area (Å²) in [6.07, 6.45) is 3.34. The molecule has 3 N–H and O–H groups in total. The number of carboxylic acids is 1. The van der Waals surface area contributed by atoms with Crippen molar-refractivity contribution in [2.45, 2.75) is 24.9 Å². The summed E-state index contributed by atoms with van der Waals surface area (Å²) in [5.74, 6) is -0.609. The van der Waals surface area contributed by atoms with Crippen LogP contribution in [0.1, 0.15) is 29.8 Å². The molecule has 2 aromatic heterocycles. The van der Waals surface area contributed by atoms with Crippen LogP contribution in [0.2, 0.25) is 0 Å². The van der Waals surface area contributed by atoms with Gasteiger partial charge in [0.25, 0.3) is 0 Å². The van der Waals surface area contributed by atoms with Gasteiger partial charge in [0.15, 0.2) is 0 Å². The maximum Gasteiger partial charge on any atom is 0.352 e. The number of fused-ring (bicyclic) bond motifs is 1. The Balaban J connectivity index is 1.88. The zero-order valence-corrected chi connectivity index (χ0v) is 10.1. The Labute approximate surface area is 108 Å². The fraction of sp³-hybridized carbons (Fsp3) is 0.417. The minimum Gasteiger partial charge on any atom is -0.477 e. The quantitative estimate of drug-likeness (QED) is 0.785. The van der Waals surface area contributed by atoms with Crippen molar-refractivity contribution >= 4 is 22.8 Å². The molecule has 0 radical (unpaired) electrons. The first-order chi connectivity index (χ1) is 9.07. The second-order valence-electron chi connectivity index (χ2n) is 4.83. The summed E-state index contributed by atoms with van der Waals surface area (Å²) < 4.78 is 13.9. The lowest BCUT2D eigenvalue weighted by Crippen LogP contribution is -2.39. The number of hydrogen-bond donors (Lipinski definition) is 3. The number of alkyl halides is 1. The molecule has 3 rings (SSSR count). The molecule has 0 spiro atoms. The molecular formula is C12H13FN4O2. The predicted molar refractivity (Wildman–Crippen MR) is 67.0 cm³/mol. The van der Waals surface area contributed by atoms with Gasteiger partial charge in [-0.2, -0.15) is 0 Å². The van der Waals surface area contributed by atoms with Gasteiger partial charge in [-0.15, -0.1) is 0 Å². The van der Waals surface area contributed by atoms with E-state index >= 15 is 0 Å². The van der Waals surface area contributed by atoms with Crippen LogP contribution in [0.15, 0.2) is 12.4 Å². The number of rotatable bonds is 4. The number of H-pyrrole nitrogens is 1. The minimum absolute atomic E-state index is 0.0390. The summed E-state index contributed by atoms with van der Waals surface area (Å²) in [6.45, 7) is 0.187. The van der Waals surface area contributed by atoms with E-state index < -0.39 is 11.6 Å². The average molecular weight is 264 g/mol. The number of nitrogens with one attached hydrogen (secondary N) is 2. The molecule has 1 saturated carbocycles. The molecule has 0 atom stereocenters. The van der Waals surface area contributed by atoms with Crippen LogP contribution < -0.4 is 5.32 Å². The molecule has 1 fully saturated rings. The molecular weight excluding hydrogens is 251 g/mol. The van der Waals surface area contributed by atoms with Crippen LogP contribution in [0.3, 0.4) is 0 Å². The number of carboxylic acid groups (broad SMARTS) is 1. The van der Waals surface area contributed by atoms with E-state index in [-0.39, 0.29) is 12.2 Å². The Kier molecular flexibility index (Phi) is 2.62. The Bertz CT molecular complexity index is 636. The van der Waals surface area contributed by atoms with Gasteiger partial charge in [0.1, 0.15) is 29.2 Å². The Morgan fingerprint density at radius 1 is 1.53 bits per heavy atom. The second-order valence-corrected chi connectivity index (χ2v) is 4.83. The highest BCUT2D eigenvalue weighted by molar-refractivity contribution is 5.96. The number of aromatic amines is 1. The molecule has 7 heteroatoms. The molecule has 0 aromatic carbocycles. The van der Waals surface area contributed by atoms with Crippen LogP contribution in [0.25, 0.3) is 11.0 Å². The molecule has 2 heterocycles. The molecule has 1 aliphatic rings. The van der Waals surface area contributed by atoms with Crippen LogP contribution in [-0.2, 0) is 0 Å². The summed E-state index contributed by atoms with van der Waals surface area (Å²) in [5.41, 5.74) is -0.697. The van der Waals surface area contributed by atoms with Gasteiger partial charge in [-0.1, -0.05) is 0 Å². The van der Waals surface area contributed by atoms with Crippen molar-refractivity contribution in [2.24, 2.45) is 0 Å². The molecule has 100 valence electrons. The third-order valence-electron chi connectivity index (χ3n) is 3.48. The van der Waals surface area contributed by atoms with Gasteiger partial charge in [0.05, 0.1) is 11.9 Å². The normalized spacial score (nSPS) is 17.1. The van der Waals surface area contributed by atoms with Gasteiger partial charge in [-0.25, -0.2) is 19.2 Å². The molecule has 2 aromatic rings. The van der Waals surface area contributed by atoms with Crippen molar-refractivity contribution in [3.63, 3.8) is 0 Å². The highest BCUT2D eigenvalue weighted by atomic mass is 19.1. The van der Waals surface area contributed by atoms with Crippen LogP contribution >= 0.6 is 0 Å². The first-order valence-corrected chi connectivity index (χ1v) is 6.07. The van der Waals surface area contributed by atoms with Gasteiger partial charge in [-0.05, 0) is 25.3 Å². The van der Waals surface area contributed by atoms with Crippen molar-refractivity contribution in [3.05, 3.63) is 18.1 Å². The summed E-state index contributed by atoms with van der Waals surface area (Å²) in [4.78, 5) is 21.6. The van der Waals surface area contributed by atoms with Gasteiger partial charge in [0, 0.05) is 0 Å². The Morgan fingerprint density at radius 2 is 2.32 bits per heavy atom. The molecule has 0 unspecified atom stereocenters. The highest BCUT2D eigenvalue weighted by Crippen LogP contribution is 2.36. The van der Waals surface area contributed by atoms with Crippen LogP contribution in [0, 0.1) is 0 Å².